The molecule has 1 rings (SSSR count). The van der Waals surface area contributed by atoms with Gasteiger partial charge in [-0.15, -0.1) is 0 Å². The van der Waals surface area contributed by atoms with Crippen molar-refractivity contribution in [1.82, 2.24) is 5.32 Å². The summed E-state index contributed by atoms with van der Waals surface area (Å²) in [5, 5.41) is 12.9. The monoisotopic (exact) mass is 281 g/mol. The lowest BCUT2D eigenvalue weighted by Crippen LogP contribution is -2.40. The summed E-state index contributed by atoms with van der Waals surface area (Å²) in [6.45, 7) is 7.08. The molecule has 0 aromatic heterocycles. The Morgan fingerprint density at radius 1 is 1.35 bits per heavy atom. The highest BCUT2D eigenvalue weighted by Crippen LogP contribution is 2.21. The number of aliphatic hydroxyl groups is 1. The van der Waals surface area contributed by atoms with Crippen LogP contribution >= 0.6 is 0 Å². The topological polar surface area (TPSA) is 67.8 Å². The van der Waals surface area contributed by atoms with E-state index in [0.29, 0.717) is 11.3 Å². The average molecular weight is 281 g/mol. The van der Waals surface area contributed by atoms with Crippen LogP contribution in [-0.2, 0) is 4.74 Å². The first-order chi connectivity index (χ1) is 9.23. The summed E-state index contributed by atoms with van der Waals surface area (Å²) >= 11 is 0. The van der Waals surface area contributed by atoms with Gasteiger partial charge in [-0.2, -0.15) is 0 Å². The molecular formula is C15H23NO4. The Labute approximate surface area is 119 Å². The lowest BCUT2D eigenvalue weighted by atomic mass is 10.0. The molecule has 1 aromatic rings. The van der Waals surface area contributed by atoms with Crippen LogP contribution in [0.5, 0.6) is 5.75 Å². The van der Waals surface area contributed by atoms with Crippen molar-refractivity contribution in [2.24, 2.45) is 0 Å². The van der Waals surface area contributed by atoms with Crippen molar-refractivity contribution in [3.05, 3.63) is 29.8 Å². The summed E-state index contributed by atoms with van der Waals surface area (Å²) in [5.41, 5.74) is 0.109. The molecule has 112 valence electrons. The van der Waals surface area contributed by atoms with E-state index in [1.165, 1.54) is 0 Å². The number of carbonyl (C=O) groups is 1. The van der Waals surface area contributed by atoms with Crippen molar-refractivity contribution in [2.45, 2.75) is 45.4 Å². The third-order valence-electron chi connectivity index (χ3n) is 2.65. The zero-order valence-electron chi connectivity index (χ0n) is 12.6. The number of methoxy groups -OCH3 is 1. The molecule has 0 radical (unpaired) electrons. The lowest BCUT2D eigenvalue weighted by Gasteiger charge is -2.24. The van der Waals surface area contributed by atoms with Gasteiger partial charge < -0.3 is 19.9 Å². The lowest BCUT2D eigenvalue weighted by molar-refractivity contribution is 0.0435. The molecule has 1 aromatic carbocycles. The molecule has 0 aliphatic carbocycles. The summed E-state index contributed by atoms with van der Waals surface area (Å²) in [5.74, 6) is 0.658. The summed E-state index contributed by atoms with van der Waals surface area (Å²) in [7, 11) is 1.56. The fourth-order valence-electron chi connectivity index (χ4n) is 1.69. The molecule has 0 bridgehead atoms. The van der Waals surface area contributed by atoms with Crippen LogP contribution in [0.25, 0.3) is 0 Å². The molecule has 0 spiro atoms. The van der Waals surface area contributed by atoms with Gasteiger partial charge in [0.05, 0.1) is 19.3 Å². The number of aliphatic hydroxyl groups excluding tert-OH is 1. The Bertz CT molecular complexity index is 453. The summed E-state index contributed by atoms with van der Waals surface area (Å²) in [6, 6.07) is 6.62. The van der Waals surface area contributed by atoms with Crippen LogP contribution in [0.1, 0.15) is 39.4 Å². The molecule has 1 amide bonds. The zero-order valence-corrected chi connectivity index (χ0v) is 12.6. The number of benzene rings is 1. The maximum absolute atomic E-state index is 11.7. The molecule has 0 heterocycles. The van der Waals surface area contributed by atoms with Crippen LogP contribution in [0, 0.1) is 0 Å². The Balaban J connectivity index is 2.66. The molecule has 0 aliphatic heterocycles. The second-order valence-electron chi connectivity index (χ2n) is 5.66. The van der Waals surface area contributed by atoms with Gasteiger partial charge in [0, 0.05) is 0 Å². The van der Waals surface area contributed by atoms with Gasteiger partial charge in [-0.3, -0.25) is 0 Å². The summed E-state index contributed by atoms with van der Waals surface area (Å²) < 4.78 is 10.3. The number of rotatable bonds is 4. The van der Waals surface area contributed by atoms with Crippen molar-refractivity contribution in [2.75, 3.05) is 7.11 Å². The van der Waals surface area contributed by atoms with Crippen molar-refractivity contribution in [1.29, 1.82) is 0 Å². The number of amides is 1. The van der Waals surface area contributed by atoms with E-state index in [4.69, 9.17) is 9.47 Å². The number of hydrogen-bond acceptors (Lipinski definition) is 4. The predicted octanol–water partition coefficient (Wildman–Crippen LogP) is 2.64. The summed E-state index contributed by atoms with van der Waals surface area (Å²) in [6.07, 6.45) is -1.38. The fourth-order valence-corrected chi connectivity index (χ4v) is 1.69. The van der Waals surface area contributed by atoms with E-state index in [1.807, 2.05) is 0 Å². The highest BCUT2D eigenvalue weighted by atomic mass is 16.6. The Hall–Kier alpha value is -1.75. The highest BCUT2D eigenvalue weighted by Gasteiger charge is 2.22. The Morgan fingerprint density at radius 2 is 2.00 bits per heavy atom. The Kier molecular flexibility index (Phi) is 5.39. The third kappa shape index (κ3) is 5.09. The first-order valence-electron chi connectivity index (χ1n) is 6.54. The molecule has 0 unspecified atom stereocenters. The SMILES string of the molecule is COc1cccc([C@H](O)[C@@H](C)NC(=O)OC(C)(C)C)c1. The molecule has 0 aliphatic rings. The van der Waals surface area contributed by atoms with Crippen molar-refractivity contribution >= 4 is 6.09 Å². The third-order valence-corrected chi connectivity index (χ3v) is 2.65. The van der Waals surface area contributed by atoms with Crippen LogP contribution in [0.4, 0.5) is 4.79 Å². The average Bonchev–Trinajstić information content (AvgIpc) is 2.35. The van der Waals surface area contributed by atoms with Gasteiger partial charge in [0.25, 0.3) is 0 Å². The van der Waals surface area contributed by atoms with E-state index in [-0.39, 0.29) is 0 Å². The summed E-state index contributed by atoms with van der Waals surface area (Å²) in [4.78, 5) is 11.7. The van der Waals surface area contributed by atoms with Gasteiger partial charge in [-0.25, -0.2) is 4.79 Å². The largest absolute Gasteiger partial charge is 0.497 e. The molecule has 20 heavy (non-hydrogen) atoms. The smallest absolute Gasteiger partial charge is 0.407 e. The second kappa shape index (κ2) is 6.61. The molecule has 2 N–H and O–H groups in total. The Morgan fingerprint density at radius 3 is 2.55 bits per heavy atom. The molecule has 0 saturated heterocycles. The van der Waals surface area contributed by atoms with E-state index in [1.54, 1.807) is 59.1 Å². The van der Waals surface area contributed by atoms with Gasteiger partial charge in [-0.05, 0) is 45.4 Å². The standard InChI is InChI=1S/C15H23NO4/c1-10(16-14(18)20-15(2,3)4)13(17)11-7-6-8-12(9-11)19-5/h6-10,13,17H,1-5H3,(H,16,18)/t10-,13-/m1/s1. The van der Waals surface area contributed by atoms with Crippen LogP contribution in [0.3, 0.4) is 0 Å². The minimum Gasteiger partial charge on any atom is -0.497 e. The molecule has 5 heteroatoms. The quantitative estimate of drug-likeness (QED) is 0.890. The van der Waals surface area contributed by atoms with Gasteiger partial charge in [0.15, 0.2) is 0 Å². The van der Waals surface area contributed by atoms with Gasteiger partial charge in [0.1, 0.15) is 11.4 Å². The number of nitrogens with one attached hydrogen (secondary N) is 1. The van der Waals surface area contributed by atoms with Gasteiger partial charge in [0.2, 0.25) is 0 Å². The van der Waals surface area contributed by atoms with E-state index in [0.717, 1.165) is 0 Å². The van der Waals surface area contributed by atoms with Crippen molar-refractivity contribution < 1.29 is 19.4 Å². The number of hydrogen-bond donors (Lipinski definition) is 2. The van der Waals surface area contributed by atoms with Crippen molar-refractivity contribution in [3.8, 4) is 5.75 Å². The minimum absolute atomic E-state index is 0.475. The molecule has 2 atom stereocenters. The maximum atomic E-state index is 11.7. The molecule has 0 saturated carbocycles. The zero-order chi connectivity index (χ0) is 15.3. The minimum atomic E-state index is -0.836. The molecular weight excluding hydrogens is 258 g/mol. The first kappa shape index (κ1) is 16.3. The molecule has 5 nitrogen and oxygen atoms in total. The van der Waals surface area contributed by atoms with E-state index >= 15 is 0 Å². The van der Waals surface area contributed by atoms with E-state index in [2.05, 4.69) is 5.32 Å². The van der Waals surface area contributed by atoms with E-state index in [9.17, 15) is 9.90 Å². The highest BCUT2D eigenvalue weighted by molar-refractivity contribution is 5.68. The fraction of sp³-hybridized carbons (Fsp3) is 0.533. The van der Waals surface area contributed by atoms with E-state index < -0.39 is 23.8 Å². The number of ether oxygens (including phenoxy) is 2. The van der Waals surface area contributed by atoms with Crippen LogP contribution in [-0.4, -0.2) is 30.0 Å². The molecule has 0 fully saturated rings. The number of carbonyl (C=O) groups excluding carboxylic acids is 1. The second-order valence-corrected chi connectivity index (χ2v) is 5.66. The first-order valence-corrected chi connectivity index (χ1v) is 6.54. The maximum Gasteiger partial charge on any atom is 0.407 e. The van der Waals surface area contributed by atoms with Crippen LogP contribution < -0.4 is 10.1 Å². The van der Waals surface area contributed by atoms with Crippen molar-refractivity contribution in [3.63, 3.8) is 0 Å². The predicted molar refractivity (Wildman–Crippen MR) is 76.8 cm³/mol. The normalized spacial score (nSPS) is 14.3. The number of alkyl carbamates (subject to hydrolysis) is 1. The van der Waals surface area contributed by atoms with Gasteiger partial charge in [-0.1, -0.05) is 12.1 Å². The van der Waals surface area contributed by atoms with Crippen LogP contribution in [0.15, 0.2) is 24.3 Å². The van der Waals surface area contributed by atoms with Crippen LogP contribution in [0.2, 0.25) is 0 Å². The van der Waals surface area contributed by atoms with Gasteiger partial charge >= 0.3 is 6.09 Å².